The molecule has 1 atom stereocenters. The van der Waals surface area contributed by atoms with Crippen molar-refractivity contribution >= 4 is 47.6 Å². The Morgan fingerprint density at radius 3 is 2.72 bits per heavy atom. The van der Waals surface area contributed by atoms with E-state index in [1.807, 2.05) is 29.2 Å². The second-order valence-electron chi connectivity index (χ2n) is 5.88. The van der Waals surface area contributed by atoms with E-state index < -0.39 is 0 Å². The van der Waals surface area contributed by atoms with Gasteiger partial charge in [-0.2, -0.15) is 0 Å². The van der Waals surface area contributed by atoms with Crippen molar-refractivity contribution in [3.05, 3.63) is 34.9 Å². The molecule has 1 aromatic carbocycles. The first-order chi connectivity index (χ1) is 11.6. The standard InChI is InChI=1S/C17H24ClN3O2S.ClH/c18-15-5-3-13(4-6-15)11-24-12-16(22)21-9-1-2-14(10-21)17(23)20-8-7-19;/h3-6,14H,1-2,7-12,19H2,(H,20,23);1H. The molecule has 1 aliphatic rings. The average Bonchev–Trinajstić information content (AvgIpc) is 2.61. The second-order valence-corrected chi connectivity index (χ2v) is 7.30. The van der Waals surface area contributed by atoms with Gasteiger partial charge in [-0.25, -0.2) is 0 Å². The average molecular weight is 406 g/mol. The molecule has 2 rings (SSSR count). The summed E-state index contributed by atoms with van der Waals surface area (Å²) < 4.78 is 0. The summed E-state index contributed by atoms with van der Waals surface area (Å²) >= 11 is 7.45. The first kappa shape index (κ1) is 22.1. The van der Waals surface area contributed by atoms with E-state index in [1.165, 1.54) is 0 Å². The molecule has 8 heteroatoms. The maximum Gasteiger partial charge on any atom is 0.232 e. The minimum Gasteiger partial charge on any atom is -0.355 e. The lowest BCUT2D eigenvalue weighted by molar-refractivity contribution is -0.133. The number of rotatable bonds is 7. The minimum atomic E-state index is -0.115. The van der Waals surface area contributed by atoms with Gasteiger partial charge in [0.25, 0.3) is 0 Å². The molecule has 1 aliphatic heterocycles. The number of likely N-dealkylation sites (tertiary alicyclic amines) is 1. The molecule has 1 aromatic rings. The van der Waals surface area contributed by atoms with Crippen LogP contribution in [-0.4, -0.2) is 48.6 Å². The smallest absolute Gasteiger partial charge is 0.232 e. The van der Waals surface area contributed by atoms with E-state index in [2.05, 4.69) is 5.32 Å². The predicted molar refractivity (Wildman–Crippen MR) is 106 cm³/mol. The SMILES string of the molecule is Cl.NCCNC(=O)C1CCCN(C(=O)CSCc2ccc(Cl)cc2)C1. The Labute approximate surface area is 164 Å². The Morgan fingerprint density at radius 2 is 2.04 bits per heavy atom. The van der Waals surface area contributed by atoms with Crippen molar-refractivity contribution in [2.75, 3.05) is 31.9 Å². The summed E-state index contributed by atoms with van der Waals surface area (Å²) in [6.07, 6.45) is 1.70. The fourth-order valence-corrected chi connectivity index (χ4v) is 3.70. The van der Waals surface area contributed by atoms with Gasteiger partial charge in [-0.1, -0.05) is 23.7 Å². The zero-order valence-electron chi connectivity index (χ0n) is 14.1. The lowest BCUT2D eigenvalue weighted by Crippen LogP contribution is -2.46. The van der Waals surface area contributed by atoms with Gasteiger partial charge in [0.1, 0.15) is 0 Å². The summed E-state index contributed by atoms with van der Waals surface area (Å²) in [5.74, 6) is 1.20. The van der Waals surface area contributed by atoms with Gasteiger partial charge in [-0.05, 0) is 30.5 Å². The molecule has 1 saturated heterocycles. The molecule has 5 nitrogen and oxygen atoms in total. The van der Waals surface area contributed by atoms with Crippen molar-refractivity contribution in [3.63, 3.8) is 0 Å². The normalized spacial score (nSPS) is 16.9. The molecule has 1 unspecified atom stereocenters. The lowest BCUT2D eigenvalue weighted by Gasteiger charge is -2.32. The highest BCUT2D eigenvalue weighted by Gasteiger charge is 2.27. The Balaban J connectivity index is 0.00000312. The summed E-state index contributed by atoms with van der Waals surface area (Å²) in [4.78, 5) is 26.2. The summed E-state index contributed by atoms with van der Waals surface area (Å²) in [5, 5.41) is 3.53. The number of nitrogens with one attached hydrogen (secondary N) is 1. The molecular weight excluding hydrogens is 381 g/mol. The van der Waals surface area contributed by atoms with Crippen LogP contribution < -0.4 is 11.1 Å². The number of hydrogen-bond acceptors (Lipinski definition) is 4. The molecule has 25 heavy (non-hydrogen) atoms. The fourth-order valence-electron chi connectivity index (χ4n) is 2.69. The molecule has 2 amide bonds. The van der Waals surface area contributed by atoms with Gasteiger partial charge >= 0.3 is 0 Å². The Bertz CT molecular complexity index is 557. The van der Waals surface area contributed by atoms with E-state index in [1.54, 1.807) is 11.8 Å². The molecule has 0 radical (unpaired) electrons. The largest absolute Gasteiger partial charge is 0.355 e. The van der Waals surface area contributed by atoms with Crippen LogP contribution >= 0.6 is 35.8 Å². The number of carbonyl (C=O) groups excluding carboxylic acids is 2. The molecular formula is C17H25Cl2N3O2S. The van der Waals surface area contributed by atoms with Gasteiger partial charge in [-0.3, -0.25) is 9.59 Å². The maximum atomic E-state index is 12.4. The molecule has 0 saturated carbocycles. The predicted octanol–water partition coefficient (Wildman–Crippen LogP) is 2.31. The van der Waals surface area contributed by atoms with E-state index in [9.17, 15) is 9.59 Å². The zero-order chi connectivity index (χ0) is 17.4. The first-order valence-electron chi connectivity index (χ1n) is 8.18. The van der Waals surface area contributed by atoms with E-state index in [4.69, 9.17) is 17.3 Å². The molecule has 0 bridgehead atoms. The van der Waals surface area contributed by atoms with Crippen molar-refractivity contribution in [2.45, 2.75) is 18.6 Å². The third-order valence-corrected chi connectivity index (χ3v) is 5.24. The van der Waals surface area contributed by atoms with Gasteiger partial charge < -0.3 is 16.0 Å². The van der Waals surface area contributed by atoms with Crippen molar-refractivity contribution in [1.82, 2.24) is 10.2 Å². The van der Waals surface area contributed by atoms with Crippen LogP contribution in [0.25, 0.3) is 0 Å². The van der Waals surface area contributed by atoms with Crippen LogP contribution in [0.3, 0.4) is 0 Å². The van der Waals surface area contributed by atoms with E-state index in [0.717, 1.165) is 30.7 Å². The highest BCUT2D eigenvalue weighted by atomic mass is 35.5. The molecule has 0 aliphatic carbocycles. The monoisotopic (exact) mass is 405 g/mol. The zero-order valence-corrected chi connectivity index (χ0v) is 16.5. The van der Waals surface area contributed by atoms with E-state index in [-0.39, 0.29) is 30.1 Å². The van der Waals surface area contributed by atoms with Crippen LogP contribution in [0.2, 0.25) is 5.02 Å². The molecule has 0 aromatic heterocycles. The molecule has 3 N–H and O–H groups in total. The molecule has 0 spiro atoms. The molecule has 1 fully saturated rings. The highest BCUT2D eigenvalue weighted by molar-refractivity contribution is 7.99. The number of thioether (sulfide) groups is 1. The van der Waals surface area contributed by atoms with Crippen molar-refractivity contribution in [1.29, 1.82) is 0 Å². The Morgan fingerprint density at radius 1 is 1.32 bits per heavy atom. The van der Waals surface area contributed by atoms with Crippen LogP contribution in [0.4, 0.5) is 0 Å². The number of benzene rings is 1. The minimum absolute atomic E-state index is 0. The number of hydrogen-bond donors (Lipinski definition) is 2. The van der Waals surface area contributed by atoms with Gasteiger partial charge in [0.2, 0.25) is 11.8 Å². The second kappa shape index (κ2) is 11.6. The van der Waals surface area contributed by atoms with Crippen LogP contribution in [0.15, 0.2) is 24.3 Å². The van der Waals surface area contributed by atoms with Gasteiger partial charge in [-0.15, -0.1) is 24.2 Å². The lowest BCUT2D eigenvalue weighted by atomic mass is 9.97. The number of amides is 2. The summed E-state index contributed by atoms with van der Waals surface area (Å²) in [6, 6.07) is 7.65. The van der Waals surface area contributed by atoms with Crippen LogP contribution in [0, 0.1) is 5.92 Å². The molecule has 1 heterocycles. The van der Waals surface area contributed by atoms with Crippen LogP contribution in [0.5, 0.6) is 0 Å². The third-order valence-electron chi connectivity index (χ3n) is 4.00. The highest BCUT2D eigenvalue weighted by Crippen LogP contribution is 2.19. The van der Waals surface area contributed by atoms with Crippen molar-refractivity contribution in [3.8, 4) is 0 Å². The number of carbonyl (C=O) groups is 2. The van der Waals surface area contributed by atoms with Crippen molar-refractivity contribution in [2.24, 2.45) is 11.7 Å². The number of nitrogens with two attached hydrogens (primary N) is 1. The summed E-state index contributed by atoms with van der Waals surface area (Å²) in [6.45, 7) is 2.17. The Hall–Kier alpha value is -0.950. The summed E-state index contributed by atoms with van der Waals surface area (Å²) in [7, 11) is 0. The fraction of sp³-hybridized carbons (Fsp3) is 0.529. The third kappa shape index (κ3) is 7.44. The number of halogens is 2. The summed E-state index contributed by atoms with van der Waals surface area (Å²) in [5.41, 5.74) is 6.55. The number of nitrogens with zero attached hydrogens (tertiary/aromatic N) is 1. The quantitative estimate of drug-likeness (QED) is 0.729. The number of piperidine rings is 1. The van der Waals surface area contributed by atoms with Gasteiger partial charge in [0.05, 0.1) is 11.7 Å². The van der Waals surface area contributed by atoms with E-state index in [0.29, 0.717) is 30.4 Å². The van der Waals surface area contributed by atoms with Crippen LogP contribution in [-0.2, 0) is 15.3 Å². The molecule has 140 valence electrons. The Kier molecular flexibility index (Phi) is 10.3. The van der Waals surface area contributed by atoms with Gasteiger partial charge in [0, 0.05) is 37.0 Å². The first-order valence-corrected chi connectivity index (χ1v) is 9.71. The van der Waals surface area contributed by atoms with Crippen molar-refractivity contribution < 1.29 is 9.59 Å². The van der Waals surface area contributed by atoms with Crippen LogP contribution in [0.1, 0.15) is 18.4 Å². The maximum absolute atomic E-state index is 12.4. The topological polar surface area (TPSA) is 75.4 Å². The van der Waals surface area contributed by atoms with Gasteiger partial charge in [0.15, 0.2) is 0 Å². The van der Waals surface area contributed by atoms with E-state index >= 15 is 0 Å².